The van der Waals surface area contributed by atoms with Crippen LogP contribution in [0.2, 0.25) is 0 Å². The van der Waals surface area contributed by atoms with E-state index in [0.717, 1.165) is 0 Å². The SMILES string of the molecule is CN1N=C(c2ccccc2O)CC1=O. The van der Waals surface area contributed by atoms with Crippen molar-refractivity contribution in [2.75, 3.05) is 7.05 Å². The lowest BCUT2D eigenvalue weighted by Gasteiger charge is -2.01. The van der Waals surface area contributed by atoms with Gasteiger partial charge in [-0.2, -0.15) is 5.10 Å². The molecule has 0 bridgehead atoms. The maximum absolute atomic E-state index is 11.2. The molecule has 0 radical (unpaired) electrons. The van der Waals surface area contributed by atoms with E-state index in [1.54, 1.807) is 31.3 Å². The van der Waals surface area contributed by atoms with Crippen molar-refractivity contribution >= 4 is 11.6 Å². The number of carbonyl (C=O) groups excluding carboxylic acids is 1. The molecule has 0 spiro atoms. The molecular weight excluding hydrogens is 180 g/mol. The van der Waals surface area contributed by atoms with Gasteiger partial charge in [0.1, 0.15) is 5.75 Å². The van der Waals surface area contributed by atoms with Gasteiger partial charge in [0.05, 0.1) is 12.1 Å². The van der Waals surface area contributed by atoms with Crippen molar-refractivity contribution in [3.63, 3.8) is 0 Å². The maximum Gasteiger partial charge on any atom is 0.248 e. The average molecular weight is 190 g/mol. The topological polar surface area (TPSA) is 52.9 Å². The third kappa shape index (κ3) is 1.35. The lowest BCUT2D eigenvalue weighted by Crippen LogP contribution is -2.14. The van der Waals surface area contributed by atoms with E-state index in [4.69, 9.17) is 0 Å². The van der Waals surface area contributed by atoms with Crippen molar-refractivity contribution in [2.24, 2.45) is 5.10 Å². The van der Waals surface area contributed by atoms with Crippen molar-refractivity contribution in [3.8, 4) is 5.75 Å². The number of para-hydroxylation sites is 1. The predicted molar refractivity (Wildman–Crippen MR) is 52.0 cm³/mol. The van der Waals surface area contributed by atoms with E-state index >= 15 is 0 Å². The molecule has 1 aliphatic rings. The van der Waals surface area contributed by atoms with Gasteiger partial charge in [0.15, 0.2) is 0 Å². The fraction of sp³-hybridized carbons (Fsp3) is 0.200. The second-order valence-corrected chi connectivity index (χ2v) is 3.16. The number of phenolic OH excluding ortho intramolecular Hbond substituents is 1. The third-order valence-corrected chi connectivity index (χ3v) is 2.17. The van der Waals surface area contributed by atoms with Gasteiger partial charge in [-0.1, -0.05) is 12.1 Å². The summed E-state index contributed by atoms with van der Waals surface area (Å²) < 4.78 is 0. The molecule has 4 heteroatoms. The van der Waals surface area contributed by atoms with Crippen LogP contribution in [0.3, 0.4) is 0 Å². The number of hydrazone groups is 1. The molecule has 2 rings (SSSR count). The van der Waals surface area contributed by atoms with Crippen molar-refractivity contribution in [1.29, 1.82) is 0 Å². The van der Waals surface area contributed by atoms with Gasteiger partial charge in [0.25, 0.3) is 0 Å². The maximum atomic E-state index is 11.2. The summed E-state index contributed by atoms with van der Waals surface area (Å²) in [6, 6.07) is 6.88. The normalized spacial score (nSPS) is 15.9. The van der Waals surface area contributed by atoms with Gasteiger partial charge in [-0.3, -0.25) is 4.79 Å². The molecule has 14 heavy (non-hydrogen) atoms. The average Bonchev–Trinajstić information content (AvgIpc) is 2.48. The van der Waals surface area contributed by atoms with Gasteiger partial charge in [-0.15, -0.1) is 0 Å². The van der Waals surface area contributed by atoms with Crippen LogP contribution in [0.15, 0.2) is 29.4 Å². The standard InChI is InChI=1S/C10H10N2O2/c1-12-10(14)6-8(11-12)7-4-2-3-5-9(7)13/h2-5,13H,6H2,1H3. The summed E-state index contributed by atoms with van der Waals surface area (Å²) in [5.41, 5.74) is 1.25. The highest BCUT2D eigenvalue weighted by Gasteiger charge is 2.22. The van der Waals surface area contributed by atoms with E-state index in [2.05, 4.69) is 5.10 Å². The zero-order chi connectivity index (χ0) is 10.1. The summed E-state index contributed by atoms with van der Waals surface area (Å²) in [6.07, 6.45) is 0.258. The summed E-state index contributed by atoms with van der Waals surface area (Å²) in [5, 5.41) is 14.9. The highest BCUT2D eigenvalue weighted by molar-refractivity contribution is 6.14. The number of aromatic hydroxyl groups is 1. The van der Waals surface area contributed by atoms with E-state index in [9.17, 15) is 9.90 Å². The van der Waals surface area contributed by atoms with Crippen LogP contribution in [0.1, 0.15) is 12.0 Å². The van der Waals surface area contributed by atoms with E-state index in [1.165, 1.54) is 5.01 Å². The highest BCUT2D eigenvalue weighted by atomic mass is 16.3. The molecule has 1 N–H and O–H groups in total. The van der Waals surface area contributed by atoms with Crippen LogP contribution in [0.25, 0.3) is 0 Å². The molecule has 0 fully saturated rings. The molecule has 72 valence electrons. The number of benzene rings is 1. The summed E-state index contributed by atoms with van der Waals surface area (Å²) in [7, 11) is 1.61. The molecule has 1 aromatic carbocycles. The van der Waals surface area contributed by atoms with Crippen LogP contribution < -0.4 is 0 Å². The van der Waals surface area contributed by atoms with E-state index in [0.29, 0.717) is 11.3 Å². The van der Waals surface area contributed by atoms with Crippen LogP contribution in [0, 0.1) is 0 Å². The van der Waals surface area contributed by atoms with Crippen molar-refractivity contribution in [2.45, 2.75) is 6.42 Å². The quantitative estimate of drug-likeness (QED) is 0.717. The number of nitrogens with zero attached hydrogens (tertiary/aromatic N) is 2. The fourth-order valence-corrected chi connectivity index (χ4v) is 1.40. The van der Waals surface area contributed by atoms with E-state index in [1.807, 2.05) is 0 Å². The molecule has 1 aliphatic heterocycles. The zero-order valence-corrected chi connectivity index (χ0v) is 7.77. The molecule has 0 saturated heterocycles. The zero-order valence-electron chi connectivity index (χ0n) is 7.77. The Morgan fingerprint density at radius 3 is 2.71 bits per heavy atom. The monoisotopic (exact) mass is 190 g/mol. The fourth-order valence-electron chi connectivity index (χ4n) is 1.40. The number of carbonyl (C=O) groups is 1. The van der Waals surface area contributed by atoms with E-state index < -0.39 is 0 Å². The number of amides is 1. The molecule has 0 unspecified atom stereocenters. The first-order valence-electron chi connectivity index (χ1n) is 4.31. The first kappa shape index (κ1) is 8.74. The van der Waals surface area contributed by atoms with Crippen molar-refractivity contribution < 1.29 is 9.90 Å². The Labute approximate surface area is 81.5 Å². The number of phenols is 1. The molecule has 0 atom stereocenters. The minimum Gasteiger partial charge on any atom is -0.507 e. The Kier molecular flexibility index (Phi) is 1.96. The van der Waals surface area contributed by atoms with Crippen LogP contribution in [0.5, 0.6) is 5.75 Å². The Morgan fingerprint density at radius 1 is 1.43 bits per heavy atom. The molecule has 0 saturated carbocycles. The van der Waals surface area contributed by atoms with Gasteiger partial charge in [0, 0.05) is 12.6 Å². The minimum atomic E-state index is -0.0525. The van der Waals surface area contributed by atoms with Gasteiger partial charge < -0.3 is 5.11 Å². The highest BCUT2D eigenvalue weighted by Crippen LogP contribution is 2.21. The van der Waals surface area contributed by atoms with Gasteiger partial charge in [-0.25, -0.2) is 5.01 Å². The van der Waals surface area contributed by atoms with Crippen LogP contribution in [0.4, 0.5) is 0 Å². The number of hydrogen-bond acceptors (Lipinski definition) is 3. The Hall–Kier alpha value is -1.84. The first-order chi connectivity index (χ1) is 6.68. The molecule has 1 heterocycles. The summed E-state index contributed by atoms with van der Waals surface area (Å²) >= 11 is 0. The van der Waals surface area contributed by atoms with Crippen LogP contribution >= 0.6 is 0 Å². The smallest absolute Gasteiger partial charge is 0.248 e. The summed E-state index contributed by atoms with van der Waals surface area (Å²) in [5.74, 6) is 0.109. The lowest BCUT2D eigenvalue weighted by atomic mass is 10.1. The predicted octanol–water partition coefficient (Wildman–Crippen LogP) is 0.958. The minimum absolute atomic E-state index is 0.0525. The summed E-state index contributed by atoms with van der Waals surface area (Å²) in [4.78, 5) is 11.2. The second-order valence-electron chi connectivity index (χ2n) is 3.16. The number of hydrogen-bond donors (Lipinski definition) is 1. The molecule has 4 nitrogen and oxygen atoms in total. The van der Waals surface area contributed by atoms with Crippen molar-refractivity contribution in [1.82, 2.24) is 5.01 Å². The lowest BCUT2D eigenvalue weighted by molar-refractivity contribution is -0.127. The number of rotatable bonds is 1. The van der Waals surface area contributed by atoms with Crippen LogP contribution in [-0.2, 0) is 4.79 Å². The Balaban J connectivity index is 2.38. The molecule has 1 aromatic rings. The second kappa shape index (κ2) is 3.14. The molecule has 0 aliphatic carbocycles. The molecule has 0 aromatic heterocycles. The Morgan fingerprint density at radius 2 is 2.14 bits per heavy atom. The Bertz CT molecular complexity index is 412. The van der Waals surface area contributed by atoms with Crippen LogP contribution in [-0.4, -0.2) is 28.8 Å². The van der Waals surface area contributed by atoms with E-state index in [-0.39, 0.29) is 18.1 Å². The van der Waals surface area contributed by atoms with Gasteiger partial charge >= 0.3 is 0 Å². The molecule has 1 amide bonds. The van der Waals surface area contributed by atoms with Gasteiger partial charge in [0.2, 0.25) is 5.91 Å². The van der Waals surface area contributed by atoms with Crippen molar-refractivity contribution in [3.05, 3.63) is 29.8 Å². The molecular formula is C10H10N2O2. The van der Waals surface area contributed by atoms with Gasteiger partial charge in [-0.05, 0) is 12.1 Å². The summed E-state index contributed by atoms with van der Waals surface area (Å²) in [6.45, 7) is 0. The first-order valence-corrected chi connectivity index (χ1v) is 4.31. The largest absolute Gasteiger partial charge is 0.507 e. The third-order valence-electron chi connectivity index (χ3n) is 2.17.